The lowest BCUT2D eigenvalue weighted by Gasteiger charge is -2.25. The van der Waals surface area contributed by atoms with E-state index in [1.165, 1.54) is 16.9 Å². The molecule has 7 nitrogen and oxygen atoms in total. The van der Waals surface area contributed by atoms with Crippen LogP contribution in [0.15, 0.2) is 63.5 Å². The Kier molecular flexibility index (Phi) is 6.06. The van der Waals surface area contributed by atoms with E-state index in [2.05, 4.69) is 18.8 Å². The van der Waals surface area contributed by atoms with Gasteiger partial charge in [0.1, 0.15) is 0 Å². The van der Waals surface area contributed by atoms with E-state index in [0.717, 1.165) is 11.1 Å². The Morgan fingerprint density at radius 2 is 1.94 bits per heavy atom. The number of hydrogen-bond acceptors (Lipinski definition) is 7. The molecule has 2 aromatic carbocycles. The summed E-state index contributed by atoms with van der Waals surface area (Å²) < 4.78 is 18.3. The van der Waals surface area contributed by atoms with E-state index >= 15 is 0 Å². The number of esters is 1. The molecule has 35 heavy (non-hydrogen) atoms. The number of nitrogens with zero attached hydrogens (tertiary/aromatic N) is 2. The van der Waals surface area contributed by atoms with Gasteiger partial charge in [0, 0.05) is 0 Å². The molecule has 2 aliphatic rings. The molecule has 5 rings (SSSR count). The van der Waals surface area contributed by atoms with Crippen LogP contribution >= 0.6 is 11.3 Å². The van der Waals surface area contributed by atoms with Gasteiger partial charge in [0.15, 0.2) is 16.3 Å². The molecule has 180 valence electrons. The van der Waals surface area contributed by atoms with Crippen molar-refractivity contribution in [2.75, 3.05) is 13.4 Å². The summed E-state index contributed by atoms with van der Waals surface area (Å²) in [6, 6.07) is 13.0. The first-order chi connectivity index (χ1) is 16.9. The van der Waals surface area contributed by atoms with Crippen LogP contribution < -0.4 is 24.4 Å². The first-order valence-corrected chi connectivity index (χ1v) is 12.4. The summed E-state index contributed by atoms with van der Waals surface area (Å²) in [7, 11) is 0. The summed E-state index contributed by atoms with van der Waals surface area (Å²) in [5, 5.41) is 0. The van der Waals surface area contributed by atoms with Crippen LogP contribution in [0.3, 0.4) is 0 Å². The number of ether oxygens (including phenoxy) is 3. The number of aromatic nitrogens is 1. The smallest absolute Gasteiger partial charge is 0.338 e. The average Bonchev–Trinajstić information content (AvgIpc) is 3.42. The zero-order valence-corrected chi connectivity index (χ0v) is 20.8. The van der Waals surface area contributed by atoms with Gasteiger partial charge in [0.05, 0.1) is 28.5 Å². The Labute approximate surface area is 206 Å². The molecular weight excluding hydrogens is 464 g/mol. The summed E-state index contributed by atoms with van der Waals surface area (Å²) in [5.74, 6) is 1.24. The van der Waals surface area contributed by atoms with Crippen LogP contribution in [0.25, 0.3) is 6.08 Å². The number of carbonyl (C=O) groups excluding carboxylic acids is 1. The molecular formula is C27H26N2O5S. The standard InChI is InChI=1S/C27H26N2O5S/c1-5-32-26(31)23-16(4)28-27-29(24(23)19-9-7-18(8-10-19)15(2)3)25(30)22(35-27)13-17-6-11-20-21(12-17)34-14-33-20/h6-13,15,24H,5,14H2,1-4H3/b22-13-/t24-/m1/s1. The fourth-order valence-corrected chi connectivity index (χ4v) is 5.37. The Hall–Kier alpha value is -3.65. The van der Waals surface area contributed by atoms with E-state index in [1.54, 1.807) is 18.4 Å². The van der Waals surface area contributed by atoms with E-state index in [4.69, 9.17) is 14.2 Å². The minimum atomic E-state index is -0.620. The Morgan fingerprint density at radius 1 is 1.20 bits per heavy atom. The molecule has 1 atom stereocenters. The number of fused-ring (bicyclic) bond motifs is 2. The van der Waals surface area contributed by atoms with E-state index in [-0.39, 0.29) is 19.0 Å². The second kappa shape index (κ2) is 9.19. The molecule has 0 N–H and O–H groups in total. The van der Waals surface area contributed by atoms with Crippen LogP contribution in [0.5, 0.6) is 11.5 Å². The molecule has 0 saturated carbocycles. The van der Waals surface area contributed by atoms with Crippen LogP contribution in [0.2, 0.25) is 0 Å². The molecule has 1 aromatic heterocycles. The molecule has 8 heteroatoms. The van der Waals surface area contributed by atoms with Crippen LogP contribution in [0.1, 0.15) is 56.3 Å². The predicted octanol–water partition coefficient (Wildman–Crippen LogP) is 3.65. The van der Waals surface area contributed by atoms with Gasteiger partial charge >= 0.3 is 5.97 Å². The third-order valence-corrected chi connectivity index (χ3v) is 7.11. The van der Waals surface area contributed by atoms with Crippen LogP contribution in [-0.4, -0.2) is 23.9 Å². The number of rotatable bonds is 5. The van der Waals surface area contributed by atoms with Crippen molar-refractivity contribution in [3.05, 3.63) is 90.1 Å². The molecule has 0 aliphatic carbocycles. The van der Waals surface area contributed by atoms with Crippen molar-refractivity contribution >= 4 is 23.4 Å². The highest BCUT2D eigenvalue weighted by Crippen LogP contribution is 2.33. The van der Waals surface area contributed by atoms with Gasteiger partial charge in [-0.2, -0.15) is 0 Å². The van der Waals surface area contributed by atoms with Gasteiger partial charge in [-0.05, 0) is 54.7 Å². The minimum Gasteiger partial charge on any atom is -0.463 e. The van der Waals surface area contributed by atoms with Gasteiger partial charge in [-0.25, -0.2) is 9.79 Å². The van der Waals surface area contributed by atoms with Gasteiger partial charge in [-0.15, -0.1) is 0 Å². The van der Waals surface area contributed by atoms with Gasteiger partial charge in [-0.1, -0.05) is 55.5 Å². The van der Waals surface area contributed by atoms with Crippen molar-refractivity contribution in [2.45, 2.75) is 39.7 Å². The molecule has 3 heterocycles. The van der Waals surface area contributed by atoms with E-state index in [9.17, 15) is 9.59 Å². The predicted molar refractivity (Wildman–Crippen MR) is 133 cm³/mol. The van der Waals surface area contributed by atoms with Gasteiger partial charge in [-0.3, -0.25) is 9.36 Å². The molecule has 0 saturated heterocycles. The van der Waals surface area contributed by atoms with E-state index < -0.39 is 12.0 Å². The van der Waals surface area contributed by atoms with Crippen LogP contribution in [-0.2, 0) is 9.53 Å². The Balaban J connectivity index is 1.67. The third kappa shape index (κ3) is 4.18. The highest BCUT2D eigenvalue weighted by molar-refractivity contribution is 7.07. The molecule has 0 amide bonds. The number of hydrogen-bond donors (Lipinski definition) is 0. The quantitative estimate of drug-likeness (QED) is 0.510. The summed E-state index contributed by atoms with van der Waals surface area (Å²) in [4.78, 5) is 31.9. The first kappa shape index (κ1) is 23.1. The number of allylic oxidation sites excluding steroid dienone is 1. The zero-order chi connectivity index (χ0) is 24.7. The lowest BCUT2D eigenvalue weighted by molar-refractivity contribution is -0.139. The van der Waals surface area contributed by atoms with Crippen molar-refractivity contribution in [3.8, 4) is 11.5 Å². The maximum absolute atomic E-state index is 13.7. The molecule has 0 fully saturated rings. The second-order valence-electron chi connectivity index (χ2n) is 8.74. The molecule has 3 aromatic rings. The van der Waals surface area contributed by atoms with Crippen molar-refractivity contribution in [1.82, 2.24) is 4.57 Å². The maximum Gasteiger partial charge on any atom is 0.338 e. The zero-order valence-electron chi connectivity index (χ0n) is 20.0. The van der Waals surface area contributed by atoms with Gasteiger partial charge < -0.3 is 14.2 Å². The Bertz CT molecular complexity index is 1510. The lowest BCUT2D eigenvalue weighted by atomic mass is 9.93. The summed E-state index contributed by atoms with van der Waals surface area (Å²) in [5.41, 5.74) is 3.56. The lowest BCUT2D eigenvalue weighted by Crippen LogP contribution is -2.39. The Morgan fingerprint density at radius 3 is 2.66 bits per heavy atom. The third-order valence-electron chi connectivity index (χ3n) is 6.13. The van der Waals surface area contributed by atoms with Crippen molar-refractivity contribution < 1.29 is 19.0 Å². The van der Waals surface area contributed by atoms with E-state index in [1.807, 2.05) is 48.5 Å². The van der Waals surface area contributed by atoms with Crippen molar-refractivity contribution in [1.29, 1.82) is 0 Å². The van der Waals surface area contributed by atoms with Crippen molar-refractivity contribution in [3.63, 3.8) is 0 Å². The largest absolute Gasteiger partial charge is 0.463 e. The molecule has 2 aliphatic heterocycles. The van der Waals surface area contributed by atoms with Crippen molar-refractivity contribution in [2.24, 2.45) is 4.99 Å². The van der Waals surface area contributed by atoms with Crippen LogP contribution in [0.4, 0.5) is 0 Å². The second-order valence-corrected chi connectivity index (χ2v) is 9.75. The highest BCUT2D eigenvalue weighted by atomic mass is 32.1. The molecule has 0 radical (unpaired) electrons. The summed E-state index contributed by atoms with van der Waals surface area (Å²) in [6.45, 7) is 8.23. The first-order valence-electron chi connectivity index (χ1n) is 11.6. The number of benzene rings is 2. The van der Waals surface area contributed by atoms with E-state index in [0.29, 0.717) is 38.0 Å². The maximum atomic E-state index is 13.7. The summed E-state index contributed by atoms with van der Waals surface area (Å²) >= 11 is 1.30. The van der Waals surface area contributed by atoms with Gasteiger partial charge in [0.25, 0.3) is 5.56 Å². The summed E-state index contributed by atoms with van der Waals surface area (Å²) in [6.07, 6.45) is 1.81. The van der Waals surface area contributed by atoms with Crippen LogP contribution in [0, 0.1) is 0 Å². The topological polar surface area (TPSA) is 79.1 Å². The fraction of sp³-hybridized carbons (Fsp3) is 0.296. The molecule has 0 bridgehead atoms. The normalized spacial score (nSPS) is 16.9. The number of carbonyl (C=O) groups is 1. The minimum absolute atomic E-state index is 0.187. The molecule has 0 unspecified atom stereocenters. The highest BCUT2D eigenvalue weighted by Gasteiger charge is 2.33. The fourth-order valence-electron chi connectivity index (χ4n) is 4.32. The van der Waals surface area contributed by atoms with Gasteiger partial charge in [0.2, 0.25) is 6.79 Å². The molecule has 0 spiro atoms. The SMILES string of the molecule is CCOC(=O)C1=C(C)N=c2s/c(=C\c3ccc4c(c3)OCO4)c(=O)n2[C@@H]1c1ccc(C(C)C)cc1. The average molecular weight is 491 g/mol. The monoisotopic (exact) mass is 490 g/mol. The number of thiazole rings is 1.